The van der Waals surface area contributed by atoms with E-state index in [1.807, 2.05) is 4.72 Å². The molecule has 0 aliphatic rings. The van der Waals surface area contributed by atoms with Crippen molar-refractivity contribution in [3.63, 3.8) is 0 Å². The summed E-state index contributed by atoms with van der Waals surface area (Å²) < 4.78 is 46.7. The molecule has 0 saturated heterocycles. The molecule has 0 amide bonds. The lowest BCUT2D eigenvalue weighted by Gasteiger charge is -2.13. The highest BCUT2D eigenvalue weighted by Gasteiger charge is 2.26. The highest BCUT2D eigenvalue weighted by atomic mass is 35.5. The Kier molecular flexibility index (Phi) is 7.74. The van der Waals surface area contributed by atoms with Crippen LogP contribution in [0.3, 0.4) is 0 Å². The first-order chi connectivity index (χ1) is 13.6. The van der Waals surface area contributed by atoms with Crippen LogP contribution in [-0.4, -0.2) is 54.6 Å². The minimum atomic E-state index is -4.19. The number of oxime groups is 1. The monoisotopic (exact) mass is 468 g/mol. The number of nitrogens with one attached hydrogen (secondary N) is 2. The Labute approximate surface area is 172 Å². The van der Waals surface area contributed by atoms with E-state index in [0.717, 1.165) is 24.9 Å². The molecule has 0 spiro atoms. The predicted octanol–water partition coefficient (Wildman–Crippen LogP) is 0.537. The van der Waals surface area contributed by atoms with E-state index in [0.29, 0.717) is 0 Å². The SMILES string of the molecule is COC(=O)[C@H](CSc1nonc1/C(=N/O)Nc1ccc(F)c(Cl)c1)NS(N)(=O)=O. The Balaban J connectivity index is 2.17. The molecule has 2 rings (SSSR count). The zero-order chi connectivity index (χ0) is 21.6. The van der Waals surface area contributed by atoms with Crippen LogP contribution < -0.4 is 15.2 Å². The van der Waals surface area contributed by atoms with Gasteiger partial charge in [0.2, 0.25) is 5.84 Å². The van der Waals surface area contributed by atoms with Crippen LogP contribution in [0.2, 0.25) is 5.02 Å². The second kappa shape index (κ2) is 9.84. The Morgan fingerprint density at radius 3 is 2.83 bits per heavy atom. The normalized spacial score (nSPS) is 13.2. The van der Waals surface area contributed by atoms with Gasteiger partial charge in [0, 0.05) is 11.4 Å². The van der Waals surface area contributed by atoms with Crippen LogP contribution in [0, 0.1) is 5.82 Å². The number of benzene rings is 1. The average molecular weight is 469 g/mol. The molecule has 0 unspecified atom stereocenters. The Morgan fingerprint density at radius 2 is 2.24 bits per heavy atom. The van der Waals surface area contributed by atoms with Gasteiger partial charge in [-0.05, 0) is 28.5 Å². The number of thioether (sulfide) groups is 1. The van der Waals surface area contributed by atoms with Gasteiger partial charge in [-0.2, -0.15) is 13.1 Å². The van der Waals surface area contributed by atoms with Gasteiger partial charge in [0.25, 0.3) is 10.2 Å². The van der Waals surface area contributed by atoms with Crippen molar-refractivity contribution in [2.45, 2.75) is 11.1 Å². The number of carbonyl (C=O) groups is 1. The number of amidine groups is 1. The molecule has 0 fully saturated rings. The number of ether oxygens (including phenoxy) is 1. The second-order valence-corrected chi connectivity index (χ2v) is 7.91. The molecule has 0 bridgehead atoms. The summed E-state index contributed by atoms with van der Waals surface area (Å²) in [6.07, 6.45) is 0. The molecule has 1 aromatic heterocycles. The molecule has 16 heteroatoms. The number of nitrogens with zero attached hydrogens (tertiary/aromatic N) is 3. The Bertz CT molecular complexity index is 1020. The molecule has 0 saturated carbocycles. The first-order valence-corrected chi connectivity index (χ1v) is 10.3. The van der Waals surface area contributed by atoms with Gasteiger partial charge >= 0.3 is 5.97 Å². The highest BCUT2D eigenvalue weighted by Crippen LogP contribution is 2.23. The lowest BCUT2D eigenvalue weighted by molar-refractivity contribution is -0.141. The molecule has 0 aliphatic heterocycles. The van der Waals surface area contributed by atoms with E-state index >= 15 is 0 Å². The van der Waals surface area contributed by atoms with E-state index in [4.69, 9.17) is 16.7 Å². The van der Waals surface area contributed by atoms with Crippen molar-refractivity contribution >= 4 is 51.1 Å². The van der Waals surface area contributed by atoms with Crippen LogP contribution in [0.4, 0.5) is 10.1 Å². The molecular weight excluding hydrogens is 455 g/mol. The Morgan fingerprint density at radius 1 is 1.52 bits per heavy atom. The van der Waals surface area contributed by atoms with Gasteiger partial charge in [0.15, 0.2) is 10.7 Å². The number of nitrogens with two attached hydrogens (primary N) is 1. The lowest BCUT2D eigenvalue weighted by atomic mass is 10.3. The van der Waals surface area contributed by atoms with Crippen LogP contribution >= 0.6 is 23.4 Å². The number of rotatable bonds is 8. The van der Waals surface area contributed by atoms with Crippen molar-refractivity contribution in [3.05, 3.63) is 34.7 Å². The first kappa shape index (κ1) is 22.8. The third kappa shape index (κ3) is 6.53. The summed E-state index contributed by atoms with van der Waals surface area (Å²) in [5, 5.41) is 26.9. The molecule has 0 aliphatic carbocycles. The molecular formula is C13H14ClFN6O6S2. The Hall–Kier alpha value is -2.46. The number of methoxy groups -OCH3 is 1. The lowest BCUT2D eigenvalue weighted by Crippen LogP contribution is -2.46. The number of hydrogen-bond acceptors (Lipinski definition) is 10. The molecule has 29 heavy (non-hydrogen) atoms. The van der Waals surface area contributed by atoms with Crippen LogP contribution in [0.15, 0.2) is 33.0 Å². The van der Waals surface area contributed by atoms with E-state index in [-0.39, 0.29) is 33.0 Å². The fourth-order valence-electron chi connectivity index (χ4n) is 1.91. The van der Waals surface area contributed by atoms with Gasteiger partial charge in [-0.3, -0.25) is 4.79 Å². The zero-order valence-electron chi connectivity index (χ0n) is 14.5. The minimum Gasteiger partial charge on any atom is -0.468 e. The number of halogens is 2. The number of aromatic nitrogens is 2. The topological polar surface area (TPSA) is 182 Å². The smallest absolute Gasteiger partial charge is 0.324 e. The largest absolute Gasteiger partial charge is 0.468 e. The van der Waals surface area contributed by atoms with Crippen molar-refractivity contribution in [3.8, 4) is 0 Å². The van der Waals surface area contributed by atoms with E-state index in [1.54, 1.807) is 0 Å². The van der Waals surface area contributed by atoms with E-state index in [9.17, 15) is 22.8 Å². The molecule has 5 N–H and O–H groups in total. The molecule has 1 atom stereocenters. The maximum Gasteiger partial charge on any atom is 0.324 e. The van der Waals surface area contributed by atoms with E-state index in [2.05, 4.69) is 30.2 Å². The fraction of sp³-hybridized carbons (Fsp3) is 0.231. The number of hydrogen-bond donors (Lipinski definition) is 4. The van der Waals surface area contributed by atoms with E-state index in [1.165, 1.54) is 12.1 Å². The fourth-order valence-corrected chi connectivity index (χ4v) is 3.68. The van der Waals surface area contributed by atoms with Gasteiger partial charge in [-0.25, -0.2) is 14.2 Å². The number of carbonyl (C=O) groups excluding carboxylic acids is 1. The molecule has 1 heterocycles. The minimum absolute atomic E-state index is 0.0450. The van der Waals surface area contributed by atoms with Crippen molar-refractivity contribution < 1.29 is 32.2 Å². The van der Waals surface area contributed by atoms with Crippen LogP contribution in [0.1, 0.15) is 5.69 Å². The third-order valence-corrected chi connectivity index (χ3v) is 5.09. The van der Waals surface area contributed by atoms with Crippen molar-refractivity contribution in [2.75, 3.05) is 18.2 Å². The molecule has 0 radical (unpaired) electrons. The van der Waals surface area contributed by atoms with Crippen LogP contribution in [0.5, 0.6) is 0 Å². The number of esters is 1. The average Bonchev–Trinajstić information content (AvgIpc) is 3.12. The summed E-state index contributed by atoms with van der Waals surface area (Å²) in [6.45, 7) is 0. The predicted molar refractivity (Wildman–Crippen MR) is 100 cm³/mol. The van der Waals surface area contributed by atoms with Gasteiger partial charge in [0.05, 0.1) is 12.1 Å². The molecule has 158 valence electrons. The first-order valence-electron chi connectivity index (χ1n) is 7.42. The van der Waals surface area contributed by atoms with Crippen LogP contribution in [-0.2, 0) is 19.7 Å². The van der Waals surface area contributed by atoms with Crippen molar-refractivity contribution in [1.29, 1.82) is 0 Å². The summed E-state index contributed by atoms with van der Waals surface area (Å²) in [7, 11) is -3.12. The van der Waals surface area contributed by atoms with E-state index < -0.39 is 28.0 Å². The number of anilines is 1. The van der Waals surface area contributed by atoms with Gasteiger partial charge in [0.1, 0.15) is 11.9 Å². The molecule has 1 aromatic carbocycles. The molecule has 2 aromatic rings. The summed E-state index contributed by atoms with van der Waals surface area (Å²) in [5.74, 6) is -1.97. The van der Waals surface area contributed by atoms with Gasteiger partial charge < -0.3 is 15.3 Å². The summed E-state index contributed by atoms with van der Waals surface area (Å²) in [4.78, 5) is 11.7. The van der Waals surface area contributed by atoms with Gasteiger partial charge in [-0.1, -0.05) is 28.5 Å². The third-order valence-electron chi connectivity index (χ3n) is 3.14. The summed E-state index contributed by atoms with van der Waals surface area (Å²) in [6, 6.07) is 2.33. The van der Waals surface area contributed by atoms with Crippen LogP contribution in [0.25, 0.3) is 0 Å². The highest BCUT2D eigenvalue weighted by molar-refractivity contribution is 7.99. The summed E-state index contributed by atoms with van der Waals surface area (Å²) >= 11 is 6.54. The molecule has 12 nitrogen and oxygen atoms in total. The van der Waals surface area contributed by atoms with Crippen molar-refractivity contribution in [2.24, 2.45) is 10.3 Å². The maximum atomic E-state index is 13.3. The zero-order valence-corrected chi connectivity index (χ0v) is 16.9. The maximum absolute atomic E-state index is 13.3. The standard InChI is InChI=1S/C13H14ClFN6O6S2/c1-26-13(22)9(21-29(16,24)25)5-28-12-10(19-27-20-12)11(18-23)17-6-2-3-8(15)7(14)4-6/h2-4,9,21,23H,5H2,1H3,(H,17,18)(H2,16,24,25)/t9-/m0/s1. The second-order valence-electron chi connectivity index (χ2n) is 5.17. The quantitative estimate of drug-likeness (QED) is 0.106. The van der Waals surface area contributed by atoms with Crippen molar-refractivity contribution in [1.82, 2.24) is 15.0 Å². The van der Waals surface area contributed by atoms with Gasteiger partial charge in [-0.15, -0.1) is 0 Å². The summed E-state index contributed by atoms with van der Waals surface area (Å²) in [5.41, 5.74) is 0.198.